The second-order valence-corrected chi connectivity index (χ2v) is 6.47. The van der Waals surface area contributed by atoms with Crippen molar-refractivity contribution in [2.45, 2.75) is 46.1 Å². The number of aryl methyl sites for hydroxylation is 1. The van der Waals surface area contributed by atoms with Crippen LogP contribution in [0.5, 0.6) is 0 Å². The van der Waals surface area contributed by atoms with Crippen LogP contribution in [0.4, 0.5) is 0 Å². The topological polar surface area (TPSA) is 29.1 Å². The van der Waals surface area contributed by atoms with Gasteiger partial charge in [-0.15, -0.1) is 11.3 Å². The van der Waals surface area contributed by atoms with Gasteiger partial charge in [-0.3, -0.25) is 4.79 Å². The number of fused-ring (bicyclic) bond motifs is 1. The Morgan fingerprint density at radius 3 is 2.94 bits per heavy atom. The van der Waals surface area contributed by atoms with Crippen LogP contribution in [0.2, 0.25) is 0 Å². The van der Waals surface area contributed by atoms with Crippen LogP contribution >= 0.6 is 11.3 Å². The van der Waals surface area contributed by atoms with Gasteiger partial charge in [0.2, 0.25) is 5.91 Å². The average Bonchev–Trinajstić information content (AvgIpc) is 2.65. The summed E-state index contributed by atoms with van der Waals surface area (Å²) in [5.41, 5.74) is 1.04. The van der Waals surface area contributed by atoms with Crippen LogP contribution in [0.1, 0.15) is 50.1 Å². The lowest BCUT2D eigenvalue weighted by atomic mass is 9.91. The number of nitrogens with one attached hydrogen (secondary N) is 1. The normalized spacial score (nSPS) is 20.3. The van der Waals surface area contributed by atoms with E-state index in [0.717, 1.165) is 6.42 Å². The van der Waals surface area contributed by atoms with Gasteiger partial charge in [0.15, 0.2) is 0 Å². The first-order valence-electron chi connectivity index (χ1n) is 5.86. The molecule has 0 spiro atoms. The van der Waals surface area contributed by atoms with Crippen molar-refractivity contribution in [2.75, 3.05) is 0 Å². The third-order valence-corrected chi connectivity index (χ3v) is 4.03. The van der Waals surface area contributed by atoms with Gasteiger partial charge in [-0.2, -0.15) is 0 Å². The maximum Gasteiger partial charge on any atom is 0.225 e. The van der Waals surface area contributed by atoms with Crippen LogP contribution in [0.3, 0.4) is 0 Å². The minimum absolute atomic E-state index is 0.150. The summed E-state index contributed by atoms with van der Waals surface area (Å²) in [6.07, 6.45) is 3.43. The zero-order chi connectivity index (χ0) is 11.8. The molecule has 1 aliphatic rings. The smallest absolute Gasteiger partial charge is 0.225 e. The molecule has 0 aromatic carbocycles. The Hall–Kier alpha value is -0.830. The van der Waals surface area contributed by atoms with E-state index in [9.17, 15) is 4.79 Å². The fraction of sp³-hybridized carbons (Fsp3) is 0.615. The maximum absolute atomic E-state index is 12.0. The van der Waals surface area contributed by atoms with Gasteiger partial charge in [0.1, 0.15) is 0 Å². The third kappa shape index (κ3) is 2.29. The zero-order valence-corrected chi connectivity index (χ0v) is 11.0. The molecule has 1 heterocycles. The molecule has 0 fully saturated rings. The number of amides is 1. The largest absolute Gasteiger partial charge is 0.349 e. The highest BCUT2D eigenvalue weighted by molar-refractivity contribution is 7.10. The molecule has 2 rings (SSSR count). The lowest BCUT2D eigenvalue weighted by molar-refractivity contribution is -0.129. The van der Waals surface area contributed by atoms with Gasteiger partial charge in [0, 0.05) is 10.3 Å². The molecule has 0 bridgehead atoms. The van der Waals surface area contributed by atoms with E-state index in [1.807, 2.05) is 32.1 Å². The van der Waals surface area contributed by atoms with Crippen LogP contribution in [-0.2, 0) is 11.2 Å². The van der Waals surface area contributed by atoms with E-state index in [-0.39, 0.29) is 17.4 Å². The molecule has 0 radical (unpaired) electrons. The Labute approximate surface area is 101 Å². The summed E-state index contributed by atoms with van der Waals surface area (Å²) in [6, 6.07) is 2.40. The quantitative estimate of drug-likeness (QED) is 0.798. The van der Waals surface area contributed by atoms with E-state index in [1.165, 1.54) is 23.3 Å². The van der Waals surface area contributed by atoms with Gasteiger partial charge >= 0.3 is 0 Å². The highest BCUT2D eigenvalue weighted by Crippen LogP contribution is 2.33. The molecule has 3 heteroatoms. The number of hydrogen-bond acceptors (Lipinski definition) is 2. The number of hydrogen-bond donors (Lipinski definition) is 1. The van der Waals surface area contributed by atoms with Crippen molar-refractivity contribution in [1.29, 1.82) is 0 Å². The minimum atomic E-state index is -0.298. The predicted octanol–water partition coefficient (Wildman–Crippen LogP) is 3.29. The Balaban J connectivity index is 2.11. The van der Waals surface area contributed by atoms with Crippen LogP contribution in [-0.4, -0.2) is 5.91 Å². The summed E-state index contributed by atoms with van der Waals surface area (Å²) < 4.78 is 0. The van der Waals surface area contributed by atoms with Crippen molar-refractivity contribution in [1.82, 2.24) is 5.32 Å². The summed E-state index contributed by atoms with van der Waals surface area (Å²) in [4.78, 5) is 13.4. The molecule has 1 atom stereocenters. The molecule has 1 N–H and O–H groups in total. The van der Waals surface area contributed by atoms with E-state index in [0.29, 0.717) is 0 Å². The Morgan fingerprint density at radius 2 is 2.25 bits per heavy atom. The van der Waals surface area contributed by atoms with Crippen LogP contribution < -0.4 is 5.32 Å². The summed E-state index contributed by atoms with van der Waals surface area (Å²) in [5.74, 6) is 0.150. The maximum atomic E-state index is 12.0. The summed E-state index contributed by atoms with van der Waals surface area (Å²) in [5, 5.41) is 5.30. The second kappa shape index (κ2) is 4.21. The molecule has 88 valence electrons. The summed E-state index contributed by atoms with van der Waals surface area (Å²) >= 11 is 1.81. The van der Waals surface area contributed by atoms with Gasteiger partial charge in [0.05, 0.1) is 6.04 Å². The molecule has 1 aliphatic carbocycles. The predicted molar refractivity (Wildman–Crippen MR) is 67.6 cm³/mol. The van der Waals surface area contributed by atoms with E-state index in [1.54, 1.807) is 0 Å². The van der Waals surface area contributed by atoms with Crippen molar-refractivity contribution in [3.63, 3.8) is 0 Å². The van der Waals surface area contributed by atoms with Gasteiger partial charge in [-0.05, 0) is 36.3 Å². The summed E-state index contributed by atoms with van der Waals surface area (Å²) in [6.45, 7) is 5.87. The third-order valence-electron chi connectivity index (χ3n) is 3.04. The van der Waals surface area contributed by atoms with Crippen LogP contribution in [0.15, 0.2) is 11.4 Å². The Morgan fingerprint density at radius 1 is 1.50 bits per heavy atom. The first kappa shape index (κ1) is 11.6. The molecule has 0 saturated heterocycles. The zero-order valence-electron chi connectivity index (χ0n) is 10.2. The Bertz CT molecular complexity index is 389. The van der Waals surface area contributed by atoms with Gasteiger partial charge in [-0.1, -0.05) is 20.8 Å². The standard InChI is InChI=1S/C13H19NOS/c1-13(2,3)12(15)14-10-5-4-6-11-9(10)7-8-16-11/h7-8,10H,4-6H2,1-3H3,(H,14,15). The van der Waals surface area contributed by atoms with Crippen LogP contribution in [0.25, 0.3) is 0 Å². The molecule has 0 aliphatic heterocycles. The molecule has 1 aromatic heterocycles. The van der Waals surface area contributed by atoms with Crippen molar-refractivity contribution in [2.24, 2.45) is 5.41 Å². The first-order valence-corrected chi connectivity index (χ1v) is 6.73. The van der Waals surface area contributed by atoms with Gasteiger partial charge in [-0.25, -0.2) is 0 Å². The van der Waals surface area contributed by atoms with Crippen molar-refractivity contribution in [3.8, 4) is 0 Å². The molecule has 2 nitrogen and oxygen atoms in total. The van der Waals surface area contributed by atoms with Crippen molar-refractivity contribution in [3.05, 3.63) is 21.9 Å². The number of rotatable bonds is 1. The SMILES string of the molecule is CC(C)(C)C(=O)NC1CCCc2sccc21. The number of carbonyl (C=O) groups excluding carboxylic acids is 1. The van der Waals surface area contributed by atoms with E-state index in [4.69, 9.17) is 0 Å². The van der Waals surface area contributed by atoms with E-state index >= 15 is 0 Å². The van der Waals surface area contributed by atoms with Crippen LogP contribution in [0, 0.1) is 5.41 Å². The molecular formula is C13H19NOS. The Kier molecular flexibility index (Phi) is 3.06. The van der Waals surface area contributed by atoms with E-state index in [2.05, 4.69) is 16.8 Å². The fourth-order valence-electron chi connectivity index (χ4n) is 2.01. The van der Waals surface area contributed by atoms with E-state index < -0.39 is 0 Å². The molecule has 1 amide bonds. The lowest BCUT2D eigenvalue weighted by Gasteiger charge is -2.27. The molecule has 16 heavy (non-hydrogen) atoms. The van der Waals surface area contributed by atoms with Gasteiger partial charge in [0.25, 0.3) is 0 Å². The molecule has 1 unspecified atom stereocenters. The number of thiophene rings is 1. The fourth-order valence-corrected chi connectivity index (χ4v) is 3.00. The second-order valence-electron chi connectivity index (χ2n) is 5.47. The van der Waals surface area contributed by atoms with Crippen molar-refractivity contribution < 1.29 is 4.79 Å². The monoisotopic (exact) mass is 237 g/mol. The minimum Gasteiger partial charge on any atom is -0.349 e. The lowest BCUT2D eigenvalue weighted by Crippen LogP contribution is -2.38. The number of carbonyl (C=O) groups is 1. The molecule has 0 saturated carbocycles. The first-order chi connectivity index (χ1) is 7.48. The molecule has 1 aromatic rings. The summed E-state index contributed by atoms with van der Waals surface area (Å²) in [7, 11) is 0. The highest BCUT2D eigenvalue weighted by atomic mass is 32.1. The van der Waals surface area contributed by atoms with Crippen molar-refractivity contribution >= 4 is 17.2 Å². The molecular weight excluding hydrogens is 218 g/mol. The van der Waals surface area contributed by atoms with Gasteiger partial charge < -0.3 is 5.32 Å². The highest BCUT2D eigenvalue weighted by Gasteiger charge is 2.27. The average molecular weight is 237 g/mol.